The van der Waals surface area contributed by atoms with Gasteiger partial charge in [0.15, 0.2) is 0 Å². The van der Waals surface area contributed by atoms with Crippen LogP contribution in [0.5, 0.6) is 5.75 Å². The Balaban J connectivity index is 1.99. The van der Waals surface area contributed by atoms with E-state index in [2.05, 4.69) is 28.2 Å². The van der Waals surface area contributed by atoms with Crippen molar-refractivity contribution in [2.75, 3.05) is 13.7 Å². The molecule has 1 saturated carbocycles. The minimum Gasteiger partial charge on any atom is -0.486 e. The number of rotatable bonds is 6. The molecule has 0 aromatic heterocycles. The highest BCUT2D eigenvalue weighted by Gasteiger charge is 2.43. The van der Waals surface area contributed by atoms with E-state index in [4.69, 9.17) is 32.7 Å². The highest BCUT2D eigenvalue weighted by molar-refractivity contribution is 9.10. The lowest BCUT2D eigenvalue weighted by atomic mass is 9.85. The van der Waals surface area contributed by atoms with Crippen LogP contribution in [0.4, 0.5) is 0 Å². The number of benzene rings is 1. The molecule has 1 fully saturated rings. The molecule has 1 aromatic carbocycles. The van der Waals surface area contributed by atoms with Gasteiger partial charge in [-0.05, 0) is 35.0 Å². The molecular formula is C14H18BrCl2NO2. The minimum absolute atomic E-state index is 0.00379. The van der Waals surface area contributed by atoms with Crippen LogP contribution in [0, 0.1) is 0 Å². The molecule has 3 nitrogen and oxygen atoms in total. The average Bonchev–Trinajstić information content (AvgIpc) is 2.39. The second-order valence-electron chi connectivity index (χ2n) is 4.85. The van der Waals surface area contributed by atoms with Crippen molar-refractivity contribution < 1.29 is 9.47 Å². The summed E-state index contributed by atoms with van der Waals surface area (Å²) in [5.74, 6) is 0.598. The Bertz CT molecular complexity index is 473. The summed E-state index contributed by atoms with van der Waals surface area (Å²) < 4.78 is 12.2. The summed E-state index contributed by atoms with van der Waals surface area (Å²) in [4.78, 5) is 0. The lowest BCUT2D eigenvalue weighted by Crippen LogP contribution is -2.61. The molecule has 0 bridgehead atoms. The highest BCUT2D eigenvalue weighted by Crippen LogP contribution is 2.37. The zero-order chi connectivity index (χ0) is 14.7. The van der Waals surface area contributed by atoms with Crippen LogP contribution in [-0.2, 0) is 4.74 Å². The molecule has 20 heavy (non-hydrogen) atoms. The molecule has 0 radical (unpaired) electrons. The number of methoxy groups -OCH3 is 1. The van der Waals surface area contributed by atoms with Gasteiger partial charge in [-0.1, -0.05) is 30.1 Å². The molecule has 1 N–H and O–H groups in total. The van der Waals surface area contributed by atoms with E-state index in [9.17, 15) is 0 Å². The van der Waals surface area contributed by atoms with Gasteiger partial charge in [0.25, 0.3) is 0 Å². The third kappa shape index (κ3) is 3.60. The van der Waals surface area contributed by atoms with Crippen LogP contribution in [0.15, 0.2) is 16.6 Å². The van der Waals surface area contributed by atoms with Gasteiger partial charge in [-0.15, -0.1) is 0 Å². The predicted molar refractivity (Wildman–Crippen MR) is 86.1 cm³/mol. The van der Waals surface area contributed by atoms with Crippen molar-refractivity contribution in [3.63, 3.8) is 0 Å². The van der Waals surface area contributed by atoms with Crippen molar-refractivity contribution in [2.45, 2.75) is 38.0 Å². The Hall–Kier alpha value is -0.0000000000000000763. The van der Waals surface area contributed by atoms with Crippen LogP contribution in [0.1, 0.15) is 19.8 Å². The zero-order valence-corrected chi connectivity index (χ0v) is 14.6. The van der Waals surface area contributed by atoms with Crippen molar-refractivity contribution in [1.29, 1.82) is 0 Å². The minimum atomic E-state index is 0.00379. The summed E-state index contributed by atoms with van der Waals surface area (Å²) >= 11 is 15.6. The quantitative estimate of drug-likeness (QED) is 0.744. The normalized spacial score (nSPS) is 25.4. The van der Waals surface area contributed by atoms with Crippen molar-refractivity contribution >= 4 is 39.1 Å². The lowest BCUT2D eigenvalue weighted by Gasteiger charge is -2.43. The Morgan fingerprint density at radius 3 is 2.75 bits per heavy atom. The van der Waals surface area contributed by atoms with Gasteiger partial charge in [-0.2, -0.15) is 0 Å². The van der Waals surface area contributed by atoms with Crippen molar-refractivity contribution in [2.24, 2.45) is 0 Å². The molecule has 2 rings (SSSR count). The molecule has 3 atom stereocenters. The first-order valence-electron chi connectivity index (χ1n) is 6.64. The summed E-state index contributed by atoms with van der Waals surface area (Å²) in [7, 11) is 1.71. The summed E-state index contributed by atoms with van der Waals surface area (Å²) in [5, 5.41) is 4.57. The SMILES string of the molecule is CCCNC1CC(Oc2cc(Cl)c(Br)cc2Cl)C1OC. The van der Waals surface area contributed by atoms with Crippen LogP contribution in [0.25, 0.3) is 0 Å². The second kappa shape index (κ2) is 7.32. The van der Waals surface area contributed by atoms with Crippen LogP contribution in [0.3, 0.4) is 0 Å². The Morgan fingerprint density at radius 1 is 1.35 bits per heavy atom. The molecule has 6 heteroatoms. The molecule has 112 valence electrons. The van der Waals surface area contributed by atoms with Crippen molar-refractivity contribution in [3.8, 4) is 5.75 Å². The van der Waals surface area contributed by atoms with E-state index >= 15 is 0 Å². The second-order valence-corrected chi connectivity index (χ2v) is 6.52. The molecule has 0 amide bonds. The van der Waals surface area contributed by atoms with E-state index in [1.807, 2.05) is 0 Å². The monoisotopic (exact) mass is 381 g/mol. The largest absolute Gasteiger partial charge is 0.486 e. The fourth-order valence-electron chi connectivity index (χ4n) is 2.30. The Labute approximate surface area is 138 Å². The Morgan fingerprint density at radius 2 is 2.10 bits per heavy atom. The summed E-state index contributed by atoms with van der Waals surface area (Å²) in [6.45, 7) is 3.13. The zero-order valence-electron chi connectivity index (χ0n) is 11.5. The van der Waals surface area contributed by atoms with Crippen LogP contribution >= 0.6 is 39.1 Å². The first-order valence-corrected chi connectivity index (χ1v) is 8.19. The number of ether oxygens (including phenoxy) is 2. The fraction of sp³-hybridized carbons (Fsp3) is 0.571. The average molecular weight is 383 g/mol. The van der Waals surface area contributed by atoms with Crippen LogP contribution in [-0.4, -0.2) is 31.9 Å². The van der Waals surface area contributed by atoms with Crippen LogP contribution < -0.4 is 10.1 Å². The van der Waals surface area contributed by atoms with E-state index < -0.39 is 0 Å². The number of hydrogen-bond acceptors (Lipinski definition) is 3. The molecular weight excluding hydrogens is 365 g/mol. The molecule has 1 aliphatic rings. The van der Waals surface area contributed by atoms with Gasteiger partial charge in [0.05, 0.1) is 10.0 Å². The predicted octanol–water partition coefficient (Wildman–Crippen LogP) is 4.29. The van der Waals surface area contributed by atoms with Gasteiger partial charge >= 0.3 is 0 Å². The van der Waals surface area contributed by atoms with Crippen molar-refractivity contribution in [1.82, 2.24) is 5.32 Å². The van der Waals surface area contributed by atoms with E-state index in [1.165, 1.54) is 0 Å². The fourth-order valence-corrected chi connectivity index (χ4v) is 3.14. The topological polar surface area (TPSA) is 30.5 Å². The van der Waals surface area contributed by atoms with Gasteiger partial charge in [-0.25, -0.2) is 0 Å². The maximum absolute atomic E-state index is 6.17. The molecule has 1 aliphatic carbocycles. The molecule has 1 aromatic rings. The summed E-state index contributed by atoms with van der Waals surface area (Å²) in [5.41, 5.74) is 0. The third-order valence-corrected chi connectivity index (χ3v) is 4.92. The van der Waals surface area contributed by atoms with Gasteiger partial charge in [-0.3, -0.25) is 0 Å². The number of halogens is 3. The first kappa shape index (κ1) is 16.4. The van der Waals surface area contributed by atoms with Crippen molar-refractivity contribution in [3.05, 3.63) is 26.7 Å². The molecule has 3 unspecified atom stereocenters. The summed E-state index contributed by atoms with van der Waals surface area (Å²) in [6.07, 6.45) is 2.05. The van der Waals surface area contributed by atoms with Gasteiger partial charge < -0.3 is 14.8 Å². The third-order valence-electron chi connectivity index (χ3n) is 3.43. The van der Waals surface area contributed by atoms with E-state index in [1.54, 1.807) is 19.2 Å². The molecule has 0 heterocycles. The van der Waals surface area contributed by atoms with Gasteiger partial charge in [0.1, 0.15) is 18.0 Å². The van der Waals surface area contributed by atoms with Gasteiger partial charge in [0.2, 0.25) is 0 Å². The van der Waals surface area contributed by atoms with E-state index in [0.717, 1.165) is 23.9 Å². The standard InChI is InChI=1S/C14H18BrCl2NO2/c1-3-4-18-11-7-13(14(11)19-2)20-12-6-9(16)8(15)5-10(12)17/h5-6,11,13-14,18H,3-4,7H2,1-2H3. The Kier molecular flexibility index (Phi) is 5.99. The maximum atomic E-state index is 6.17. The number of hydrogen-bond donors (Lipinski definition) is 1. The first-order chi connectivity index (χ1) is 9.56. The molecule has 0 aliphatic heterocycles. The summed E-state index contributed by atoms with van der Waals surface area (Å²) in [6, 6.07) is 3.81. The van der Waals surface area contributed by atoms with E-state index in [-0.39, 0.29) is 12.2 Å². The number of nitrogens with one attached hydrogen (secondary N) is 1. The smallest absolute Gasteiger partial charge is 0.140 e. The maximum Gasteiger partial charge on any atom is 0.140 e. The molecule has 0 spiro atoms. The lowest BCUT2D eigenvalue weighted by molar-refractivity contribution is -0.0886. The highest BCUT2D eigenvalue weighted by atomic mass is 79.9. The van der Waals surface area contributed by atoms with Gasteiger partial charge in [0, 0.05) is 30.1 Å². The molecule has 0 saturated heterocycles. The van der Waals surface area contributed by atoms with Crippen LogP contribution in [0.2, 0.25) is 10.0 Å². The van der Waals surface area contributed by atoms with E-state index in [0.29, 0.717) is 21.8 Å².